The molecule has 86 valence electrons. The predicted octanol–water partition coefficient (Wildman–Crippen LogP) is 2.70. The average Bonchev–Trinajstić information content (AvgIpc) is 2.20. The number of aliphatic hydroxyl groups excluding tert-OH is 1. The van der Waals surface area contributed by atoms with Gasteiger partial charge in [0.1, 0.15) is 0 Å². The number of hydrogen-bond acceptors (Lipinski definition) is 2. The Bertz CT molecular complexity index is 348. The van der Waals surface area contributed by atoms with Gasteiger partial charge in [-0.3, -0.25) is 0 Å². The van der Waals surface area contributed by atoms with Crippen molar-refractivity contribution in [2.45, 2.75) is 39.2 Å². The quantitative estimate of drug-likeness (QED) is 0.824. The van der Waals surface area contributed by atoms with Crippen LogP contribution in [0.3, 0.4) is 0 Å². The van der Waals surface area contributed by atoms with Crippen LogP contribution in [0.15, 0.2) is 24.3 Å². The molecule has 0 fully saturated rings. The van der Waals surface area contributed by atoms with Gasteiger partial charge in [-0.1, -0.05) is 38.1 Å². The van der Waals surface area contributed by atoms with Crippen molar-refractivity contribution in [1.82, 2.24) is 0 Å². The Labute approximate surface area is 97.5 Å². The summed E-state index contributed by atoms with van der Waals surface area (Å²) in [7, 11) is 0. The van der Waals surface area contributed by atoms with Crippen molar-refractivity contribution in [3.63, 3.8) is 0 Å². The molecule has 1 aromatic rings. The third-order valence-corrected chi connectivity index (χ3v) is 2.47. The molecule has 0 aromatic heterocycles. The van der Waals surface area contributed by atoms with Crippen LogP contribution in [-0.2, 0) is 12.8 Å². The summed E-state index contributed by atoms with van der Waals surface area (Å²) in [5, 5.41) is 17.9. The molecule has 1 N–H and O–H groups in total. The standard InChI is InChI=1S/C14H19NO/c1-11(2)9-12-3-5-13(6-4-12)10-14(16)7-8-15/h3-6,11,14,16H,7,9-10H2,1-2H3/t14-/m1/s1. The highest BCUT2D eigenvalue weighted by Crippen LogP contribution is 2.11. The van der Waals surface area contributed by atoms with Crippen LogP contribution < -0.4 is 0 Å². The smallest absolute Gasteiger partial charge is 0.0710 e. The first-order valence-electron chi connectivity index (χ1n) is 5.74. The lowest BCUT2D eigenvalue weighted by Crippen LogP contribution is -2.09. The zero-order valence-electron chi connectivity index (χ0n) is 9.98. The van der Waals surface area contributed by atoms with Crippen LogP contribution in [0.25, 0.3) is 0 Å². The Hall–Kier alpha value is -1.33. The van der Waals surface area contributed by atoms with Gasteiger partial charge in [-0.05, 0) is 29.9 Å². The molecule has 0 heterocycles. The number of nitriles is 1. The average molecular weight is 217 g/mol. The first-order chi connectivity index (χ1) is 7.61. The van der Waals surface area contributed by atoms with E-state index >= 15 is 0 Å². The normalized spacial score (nSPS) is 12.4. The van der Waals surface area contributed by atoms with Crippen LogP contribution in [0, 0.1) is 17.2 Å². The molecule has 16 heavy (non-hydrogen) atoms. The molecule has 0 unspecified atom stereocenters. The van der Waals surface area contributed by atoms with Gasteiger partial charge in [0.15, 0.2) is 0 Å². The molecule has 0 radical (unpaired) electrons. The van der Waals surface area contributed by atoms with Crippen molar-refractivity contribution in [1.29, 1.82) is 5.26 Å². The minimum Gasteiger partial charge on any atom is -0.392 e. The zero-order chi connectivity index (χ0) is 12.0. The monoisotopic (exact) mass is 217 g/mol. The number of benzene rings is 1. The van der Waals surface area contributed by atoms with E-state index in [9.17, 15) is 5.11 Å². The fourth-order valence-corrected chi connectivity index (χ4v) is 1.73. The molecule has 0 bridgehead atoms. The molecule has 2 heteroatoms. The van der Waals surface area contributed by atoms with E-state index in [2.05, 4.69) is 26.0 Å². The zero-order valence-corrected chi connectivity index (χ0v) is 9.98. The van der Waals surface area contributed by atoms with E-state index in [0.717, 1.165) is 12.0 Å². The molecule has 0 aliphatic carbocycles. The molecule has 1 aromatic carbocycles. The van der Waals surface area contributed by atoms with Crippen molar-refractivity contribution >= 4 is 0 Å². The molecule has 0 amide bonds. The summed E-state index contributed by atoms with van der Waals surface area (Å²) < 4.78 is 0. The first-order valence-corrected chi connectivity index (χ1v) is 5.74. The van der Waals surface area contributed by atoms with Gasteiger partial charge in [0.25, 0.3) is 0 Å². The van der Waals surface area contributed by atoms with E-state index in [0.29, 0.717) is 12.3 Å². The van der Waals surface area contributed by atoms with Crippen molar-refractivity contribution in [2.75, 3.05) is 0 Å². The van der Waals surface area contributed by atoms with E-state index in [1.165, 1.54) is 5.56 Å². The molecule has 0 saturated heterocycles. The van der Waals surface area contributed by atoms with Gasteiger partial charge in [-0.2, -0.15) is 5.26 Å². The Morgan fingerprint density at radius 3 is 2.06 bits per heavy atom. The minimum atomic E-state index is -0.541. The Balaban J connectivity index is 2.55. The third kappa shape index (κ3) is 4.46. The second kappa shape index (κ2) is 6.30. The fourth-order valence-electron chi connectivity index (χ4n) is 1.73. The summed E-state index contributed by atoms with van der Waals surface area (Å²) in [6.45, 7) is 4.40. The predicted molar refractivity (Wildman–Crippen MR) is 64.9 cm³/mol. The summed E-state index contributed by atoms with van der Waals surface area (Å²) in [5.74, 6) is 0.662. The number of rotatable bonds is 5. The van der Waals surface area contributed by atoms with Crippen molar-refractivity contribution in [2.24, 2.45) is 5.92 Å². The summed E-state index contributed by atoms with van der Waals surface area (Å²) in [5.41, 5.74) is 2.42. The number of nitrogens with zero attached hydrogens (tertiary/aromatic N) is 1. The number of aliphatic hydroxyl groups is 1. The Kier molecular flexibility index (Phi) is 5.01. The molecule has 2 nitrogen and oxygen atoms in total. The second-order valence-electron chi connectivity index (χ2n) is 4.63. The van der Waals surface area contributed by atoms with Gasteiger partial charge in [-0.15, -0.1) is 0 Å². The summed E-state index contributed by atoms with van der Waals surface area (Å²) >= 11 is 0. The lowest BCUT2D eigenvalue weighted by Gasteiger charge is -2.08. The van der Waals surface area contributed by atoms with E-state index < -0.39 is 6.10 Å². The topological polar surface area (TPSA) is 44.0 Å². The molecule has 0 aliphatic heterocycles. The molecule has 0 spiro atoms. The second-order valence-corrected chi connectivity index (χ2v) is 4.63. The van der Waals surface area contributed by atoms with E-state index in [-0.39, 0.29) is 6.42 Å². The molecular weight excluding hydrogens is 198 g/mol. The molecule has 0 aliphatic rings. The summed E-state index contributed by atoms with van der Waals surface area (Å²) in [4.78, 5) is 0. The lowest BCUT2D eigenvalue weighted by molar-refractivity contribution is 0.180. The van der Waals surface area contributed by atoms with Crippen LogP contribution in [0.1, 0.15) is 31.4 Å². The van der Waals surface area contributed by atoms with Crippen molar-refractivity contribution in [3.05, 3.63) is 35.4 Å². The highest BCUT2D eigenvalue weighted by Gasteiger charge is 2.05. The molecular formula is C14H19NO. The lowest BCUT2D eigenvalue weighted by atomic mass is 9.99. The summed E-state index contributed by atoms with van der Waals surface area (Å²) in [6.07, 6.45) is 1.31. The van der Waals surface area contributed by atoms with Gasteiger partial charge in [-0.25, -0.2) is 0 Å². The van der Waals surface area contributed by atoms with Gasteiger partial charge < -0.3 is 5.11 Å². The maximum Gasteiger partial charge on any atom is 0.0710 e. The van der Waals surface area contributed by atoms with Crippen LogP contribution in [-0.4, -0.2) is 11.2 Å². The largest absolute Gasteiger partial charge is 0.392 e. The maximum atomic E-state index is 9.49. The van der Waals surface area contributed by atoms with Crippen LogP contribution in [0.4, 0.5) is 0 Å². The number of hydrogen-bond donors (Lipinski definition) is 1. The highest BCUT2D eigenvalue weighted by atomic mass is 16.3. The Morgan fingerprint density at radius 1 is 1.12 bits per heavy atom. The van der Waals surface area contributed by atoms with Crippen molar-refractivity contribution in [3.8, 4) is 6.07 Å². The van der Waals surface area contributed by atoms with E-state index in [1.54, 1.807) is 0 Å². The van der Waals surface area contributed by atoms with Crippen LogP contribution in [0.5, 0.6) is 0 Å². The fraction of sp³-hybridized carbons (Fsp3) is 0.500. The summed E-state index contributed by atoms with van der Waals surface area (Å²) in [6, 6.07) is 10.3. The first kappa shape index (κ1) is 12.7. The van der Waals surface area contributed by atoms with E-state index in [1.807, 2.05) is 18.2 Å². The van der Waals surface area contributed by atoms with E-state index in [4.69, 9.17) is 5.26 Å². The van der Waals surface area contributed by atoms with Crippen LogP contribution in [0.2, 0.25) is 0 Å². The van der Waals surface area contributed by atoms with Crippen LogP contribution >= 0.6 is 0 Å². The highest BCUT2D eigenvalue weighted by molar-refractivity contribution is 5.23. The minimum absolute atomic E-state index is 0.202. The molecule has 1 atom stereocenters. The molecule has 0 saturated carbocycles. The van der Waals surface area contributed by atoms with Gasteiger partial charge in [0, 0.05) is 0 Å². The van der Waals surface area contributed by atoms with Gasteiger partial charge in [0.2, 0.25) is 0 Å². The third-order valence-electron chi connectivity index (χ3n) is 2.47. The Morgan fingerprint density at radius 2 is 1.62 bits per heavy atom. The van der Waals surface area contributed by atoms with Gasteiger partial charge >= 0.3 is 0 Å². The van der Waals surface area contributed by atoms with Gasteiger partial charge in [0.05, 0.1) is 18.6 Å². The molecule has 1 rings (SSSR count). The maximum absolute atomic E-state index is 9.49. The SMILES string of the molecule is CC(C)Cc1ccc(C[C@H](O)CC#N)cc1. The van der Waals surface area contributed by atoms with Crippen molar-refractivity contribution < 1.29 is 5.11 Å².